The maximum absolute atomic E-state index is 12.8. The molecule has 0 unspecified atom stereocenters. The Morgan fingerprint density at radius 1 is 1.14 bits per heavy atom. The lowest BCUT2D eigenvalue weighted by Gasteiger charge is -2.10. The molecule has 7 heteroatoms. The Kier molecular flexibility index (Phi) is 6.72. The number of aromatic nitrogens is 2. The van der Waals surface area contributed by atoms with E-state index in [0.29, 0.717) is 12.3 Å². The van der Waals surface area contributed by atoms with Crippen molar-refractivity contribution < 1.29 is 9.53 Å². The Morgan fingerprint density at radius 3 is 2.59 bits per heavy atom. The van der Waals surface area contributed by atoms with Gasteiger partial charge in [0.15, 0.2) is 5.03 Å². The minimum absolute atomic E-state index is 0.0897. The van der Waals surface area contributed by atoms with Gasteiger partial charge in [-0.1, -0.05) is 17.8 Å². The molecule has 0 radical (unpaired) electrons. The van der Waals surface area contributed by atoms with E-state index in [9.17, 15) is 9.59 Å². The van der Waals surface area contributed by atoms with Crippen molar-refractivity contribution in [2.24, 2.45) is 0 Å². The highest BCUT2D eigenvalue weighted by molar-refractivity contribution is 7.99. The number of ether oxygens (including phenoxy) is 1. The van der Waals surface area contributed by atoms with Crippen LogP contribution in [0.15, 0.2) is 64.7 Å². The van der Waals surface area contributed by atoms with Gasteiger partial charge in [-0.05, 0) is 68.3 Å². The molecule has 150 valence electrons. The normalized spacial score (nSPS) is 10.6. The summed E-state index contributed by atoms with van der Waals surface area (Å²) in [6.07, 6.45) is 3.21. The van der Waals surface area contributed by atoms with E-state index in [1.807, 2.05) is 39.0 Å². The third kappa shape index (κ3) is 5.26. The zero-order valence-corrected chi connectivity index (χ0v) is 17.5. The average Bonchev–Trinajstić information content (AvgIpc) is 2.71. The molecule has 2 aromatic carbocycles. The molecule has 3 aromatic rings. The monoisotopic (exact) mass is 409 g/mol. The van der Waals surface area contributed by atoms with Crippen LogP contribution in [0.5, 0.6) is 5.75 Å². The molecule has 6 nitrogen and oxygen atoms in total. The molecule has 0 saturated heterocycles. The van der Waals surface area contributed by atoms with Crippen molar-refractivity contribution in [3.8, 4) is 11.4 Å². The minimum Gasteiger partial charge on any atom is -0.494 e. The Morgan fingerprint density at radius 2 is 1.90 bits per heavy atom. The van der Waals surface area contributed by atoms with Gasteiger partial charge in [-0.25, -0.2) is 4.98 Å². The number of hydrogen-bond donors (Lipinski definition) is 1. The van der Waals surface area contributed by atoms with E-state index in [1.54, 1.807) is 41.2 Å². The number of amides is 1. The minimum atomic E-state index is -0.241. The summed E-state index contributed by atoms with van der Waals surface area (Å²) in [6, 6.07) is 13.0. The number of anilines is 1. The van der Waals surface area contributed by atoms with Gasteiger partial charge in [0.25, 0.3) is 5.56 Å². The standard InChI is InChI=1S/C22H23N3O3S/c1-4-28-19-9-6-17(7-10-19)24-20(26)14-29-21-22(27)25(12-11-23-21)18-8-5-15(2)16(3)13-18/h5-13H,4,14H2,1-3H3,(H,24,26). The smallest absolute Gasteiger partial charge is 0.287 e. The SMILES string of the molecule is CCOc1ccc(NC(=O)CSc2nccn(-c3ccc(C)c(C)c3)c2=O)cc1. The van der Waals surface area contributed by atoms with E-state index >= 15 is 0 Å². The zero-order valence-electron chi connectivity index (χ0n) is 16.6. The second-order valence-electron chi connectivity index (χ2n) is 6.47. The van der Waals surface area contributed by atoms with Crippen molar-refractivity contribution in [2.75, 3.05) is 17.7 Å². The first-order valence-corrected chi connectivity index (χ1v) is 10.3. The first kappa shape index (κ1) is 20.7. The molecule has 0 spiro atoms. The van der Waals surface area contributed by atoms with Crippen molar-refractivity contribution in [3.63, 3.8) is 0 Å². The molecule has 29 heavy (non-hydrogen) atoms. The van der Waals surface area contributed by atoms with Crippen molar-refractivity contribution in [1.82, 2.24) is 9.55 Å². The van der Waals surface area contributed by atoms with Gasteiger partial charge in [0.1, 0.15) is 5.75 Å². The second kappa shape index (κ2) is 9.43. The average molecular weight is 410 g/mol. The lowest BCUT2D eigenvalue weighted by molar-refractivity contribution is -0.113. The van der Waals surface area contributed by atoms with Gasteiger partial charge < -0.3 is 10.1 Å². The van der Waals surface area contributed by atoms with Gasteiger partial charge in [-0.3, -0.25) is 14.2 Å². The molecule has 0 saturated carbocycles. The largest absolute Gasteiger partial charge is 0.494 e. The van der Waals surface area contributed by atoms with Crippen LogP contribution in [0.25, 0.3) is 5.69 Å². The van der Waals surface area contributed by atoms with Crippen molar-refractivity contribution in [2.45, 2.75) is 25.8 Å². The number of thioether (sulfide) groups is 1. The van der Waals surface area contributed by atoms with Gasteiger partial charge in [0.2, 0.25) is 5.91 Å². The third-order valence-corrected chi connectivity index (χ3v) is 5.33. The molecular formula is C22H23N3O3S. The van der Waals surface area contributed by atoms with Gasteiger partial charge in [0.05, 0.1) is 12.4 Å². The first-order chi connectivity index (χ1) is 14.0. The quantitative estimate of drug-likeness (QED) is 0.598. The summed E-state index contributed by atoms with van der Waals surface area (Å²) in [5.41, 5.74) is 3.48. The van der Waals surface area contributed by atoms with Gasteiger partial charge in [0, 0.05) is 23.8 Å². The van der Waals surface area contributed by atoms with Crippen LogP contribution in [0.1, 0.15) is 18.1 Å². The number of nitrogens with one attached hydrogen (secondary N) is 1. The van der Waals surface area contributed by atoms with E-state index in [-0.39, 0.29) is 22.2 Å². The van der Waals surface area contributed by atoms with Crippen molar-refractivity contribution in [1.29, 1.82) is 0 Å². The molecule has 1 heterocycles. The van der Waals surface area contributed by atoms with Crippen molar-refractivity contribution >= 4 is 23.4 Å². The molecule has 0 aliphatic heterocycles. The maximum Gasteiger partial charge on any atom is 0.287 e. The summed E-state index contributed by atoms with van der Waals surface area (Å²) < 4.78 is 6.93. The highest BCUT2D eigenvalue weighted by atomic mass is 32.2. The highest BCUT2D eigenvalue weighted by Crippen LogP contribution is 2.18. The molecule has 1 N–H and O–H groups in total. The van der Waals surface area contributed by atoms with E-state index in [1.165, 1.54) is 0 Å². The van der Waals surface area contributed by atoms with Crippen LogP contribution >= 0.6 is 11.8 Å². The van der Waals surface area contributed by atoms with E-state index < -0.39 is 0 Å². The highest BCUT2D eigenvalue weighted by Gasteiger charge is 2.11. The van der Waals surface area contributed by atoms with E-state index in [4.69, 9.17) is 4.74 Å². The van der Waals surface area contributed by atoms with E-state index in [2.05, 4.69) is 10.3 Å². The predicted octanol–water partition coefficient (Wildman–Crippen LogP) is 3.98. The summed E-state index contributed by atoms with van der Waals surface area (Å²) in [5, 5.41) is 3.09. The summed E-state index contributed by atoms with van der Waals surface area (Å²) in [4.78, 5) is 29.2. The number of carbonyl (C=O) groups excluding carboxylic acids is 1. The lowest BCUT2D eigenvalue weighted by Crippen LogP contribution is -2.22. The molecule has 0 bridgehead atoms. The lowest BCUT2D eigenvalue weighted by atomic mass is 10.1. The van der Waals surface area contributed by atoms with Crippen LogP contribution in [0, 0.1) is 13.8 Å². The molecule has 1 aromatic heterocycles. The molecule has 3 rings (SSSR count). The molecule has 0 aliphatic rings. The zero-order chi connectivity index (χ0) is 20.8. The van der Waals surface area contributed by atoms with Crippen molar-refractivity contribution in [3.05, 3.63) is 76.3 Å². The fourth-order valence-corrected chi connectivity index (χ4v) is 3.40. The van der Waals surface area contributed by atoms with Crippen LogP contribution in [-0.4, -0.2) is 27.8 Å². The van der Waals surface area contributed by atoms with Crippen LogP contribution in [0.4, 0.5) is 5.69 Å². The van der Waals surface area contributed by atoms with E-state index in [0.717, 1.165) is 34.3 Å². The molecular weight excluding hydrogens is 386 g/mol. The van der Waals surface area contributed by atoms with Crippen LogP contribution in [0.2, 0.25) is 0 Å². The second-order valence-corrected chi connectivity index (χ2v) is 7.43. The van der Waals surface area contributed by atoms with Crippen LogP contribution in [-0.2, 0) is 4.79 Å². The molecule has 0 aliphatic carbocycles. The number of benzene rings is 2. The number of rotatable bonds is 7. The fraction of sp³-hybridized carbons (Fsp3) is 0.227. The predicted molar refractivity (Wildman–Crippen MR) is 116 cm³/mol. The number of nitrogens with zero attached hydrogens (tertiary/aromatic N) is 2. The molecule has 1 amide bonds. The molecule has 0 atom stereocenters. The number of carbonyl (C=O) groups is 1. The molecule has 0 fully saturated rings. The van der Waals surface area contributed by atoms with Gasteiger partial charge in [-0.2, -0.15) is 0 Å². The topological polar surface area (TPSA) is 73.2 Å². The Labute approximate surface area is 173 Å². The van der Waals surface area contributed by atoms with Gasteiger partial charge in [-0.15, -0.1) is 0 Å². The van der Waals surface area contributed by atoms with Crippen LogP contribution < -0.4 is 15.6 Å². The maximum atomic E-state index is 12.8. The number of hydrogen-bond acceptors (Lipinski definition) is 5. The summed E-state index contributed by atoms with van der Waals surface area (Å²) in [6.45, 7) is 6.54. The Balaban J connectivity index is 1.66. The first-order valence-electron chi connectivity index (χ1n) is 9.28. The Hall–Kier alpha value is -3.06. The summed E-state index contributed by atoms with van der Waals surface area (Å²) >= 11 is 1.12. The van der Waals surface area contributed by atoms with Gasteiger partial charge >= 0.3 is 0 Å². The summed E-state index contributed by atoms with van der Waals surface area (Å²) in [7, 11) is 0. The number of aryl methyl sites for hydroxylation is 2. The Bertz CT molecular complexity index is 1060. The third-order valence-electron chi connectivity index (χ3n) is 4.37. The summed E-state index contributed by atoms with van der Waals surface area (Å²) in [5.74, 6) is 0.633. The van der Waals surface area contributed by atoms with Crippen LogP contribution in [0.3, 0.4) is 0 Å². The fourth-order valence-electron chi connectivity index (χ4n) is 2.70.